The molecule has 0 aromatic heterocycles. The third-order valence-electron chi connectivity index (χ3n) is 3.05. The lowest BCUT2D eigenvalue weighted by Gasteiger charge is -2.22. The average Bonchev–Trinajstić information content (AvgIpc) is 2.46. The molecule has 4 nitrogen and oxygen atoms in total. The Bertz CT molecular complexity index is 462. The molecule has 1 N–H and O–H groups in total. The van der Waals surface area contributed by atoms with E-state index in [4.69, 9.17) is 32.7 Å². The first-order chi connectivity index (χ1) is 9.66. The maximum atomic E-state index is 11.8. The number of rotatable bonds is 5. The molecule has 0 spiro atoms. The first kappa shape index (κ1) is 15.6. The van der Waals surface area contributed by atoms with E-state index in [2.05, 4.69) is 5.32 Å². The first-order valence-corrected chi connectivity index (χ1v) is 7.33. The van der Waals surface area contributed by atoms with Crippen molar-refractivity contribution >= 4 is 29.1 Å². The van der Waals surface area contributed by atoms with Crippen molar-refractivity contribution in [3.63, 3.8) is 0 Å². The topological polar surface area (TPSA) is 47.6 Å². The van der Waals surface area contributed by atoms with Crippen LogP contribution in [0.3, 0.4) is 0 Å². The monoisotopic (exact) mass is 317 g/mol. The molecule has 1 aromatic carbocycles. The lowest BCUT2D eigenvalue weighted by molar-refractivity contribution is -0.147. The number of ether oxygens (including phenoxy) is 2. The minimum atomic E-state index is -0.483. The highest BCUT2D eigenvalue weighted by Gasteiger charge is 2.21. The van der Waals surface area contributed by atoms with Crippen molar-refractivity contribution in [3.8, 4) is 0 Å². The van der Waals surface area contributed by atoms with Gasteiger partial charge in [0.25, 0.3) is 5.91 Å². The van der Waals surface area contributed by atoms with Crippen molar-refractivity contribution in [2.75, 3.05) is 26.4 Å². The van der Waals surface area contributed by atoms with E-state index in [1.807, 2.05) is 12.1 Å². The molecule has 0 aliphatic carbocycles. The van der Waals surface area contributed by atoms with Crippen LogP contribution in [0.5, 0.6) is 0 Å². The van der Waals surface area contributed by atoms with Crippen LogP contribution >= 0.6 is 23.2 Å². The van der Waals surface area contributed by atoms with Crippen molar-refractivity contribution in [1.29, 1.82) is 0 Å². The Labute approximate surface area is 128 Å². The van der Waals surface area contributed by atoms with Crippen molar-refractivity contribution in [2.45, 2.75) is 18.9 Å². The van der Waals surface area contributed by atoms with Gasteiger partial charge in [0.15, 0.2) is 6.10 Å². The largest absolute Gasteiger partial charge is 0.376 e. The second kappa shape index (κ2) is 7.84. The minimum absolute atomic E-state index is 0.119. The van der Waals surface area contributed by atoms with Gasteiger partial charge in [-0.25, -0.2) is 0 Å². The van der Waals surface area contributed by atoms with Crippen LogP contribution in [0.4, 0.5) is 0 Å². The predicted octanol–water partition coefficient (Wildman–Crippen LogP) is 2.46. The van der Waals surface area contributed by atoms with E-state index in [1.165, 1.54) is 0 Å². The molecule has 2 rings (SSSR count). The molecule has 1 amide bonds. The Hall–Kier alpha value is -0.810. The highest BCUT2D eigenvalue weighted by atomic mass is 35.5. The molecule has 1 fully saturated rings. The van der Waals surface area contributed by atoms with Gasteiger partial charge in [-0.1, -0.05) is 29.3 Å². The molecular weight excluding hydrogens is 301 g/mol. The molecule has 110 valence electrons. The molecule has 0 bridgehead atoms. The van der Waals surface area contributed by atoms with E-state index in [0.717, 1.165) is 18.4 Å². The highest BCUT2D eigenvalue weighted by Crippen LogP contribution is 2.21. The molecule has 1 atom stereocenters. The number of amides is 1. The maximum Gasteiger partial charge on any atom is 0.251 e. The quantitative estimate of drug-likeness (QED) is 0.849. The summed E-state index contributed by atoms with van der Waals surface area (Å²) in [7, 11) is 0. The molecule has 1 aliphatic heterocycles. The molecule has 1 aromatic rings. The van der Waals surface area contributed by atoms with Crippen LogP contribution in [0.1, 0.15) is 12.0 Å². The Morgan fingerprint density at radius 2 is 2.20 bits per heavy atom. The first-order valence-electron chi connectivity index (χ1n) is 6.58. The molecular formula is C14H17Cl2NO3. The molecule has 20 heavy (non-hydrogen) atoms. The smallest absolute Gasteiger partial charge is 0.251 e. The number of aryl methyl sites for hydroxylation is 1. The Balaban J connectivity index is 1.69. The van der Waals surface area contributed by atoms with E-state index < -0.39 is 6.10 Å². The summed E-state index contributed by atoms with van der Waals surface area (Å²) >= 11 is 11.9. The lowest BCUT2D eigenvalue weighted by atomic mass is 10.1. The van der Waals surface area contributed by atoms with E-state index in [-0.39, 0.29) is 5.91 Å². The maximum absolute atomic E-state index is 11.8. The predicted molar refractivity (Wildman–Crippen MR) is 78.4 cm³/mol. The van der Waals surface area contributed by atoms with Gasteiger partial charge in [0.2, 0.25) is 0 Å². The Kier molecular flexibility index (Phi) is 6.10. The van der Waals surface area contributed by atoms with Crippen molar-refractivity contribution < 1.29 is 14.3 Å². The summed E-state index contributed by atoms with van der Waals surface area (Å²) in [6.07, 6.45) is 1.11. The average molecular weight is 318 g/mol. The van der Waals surface area contributed by atoms with Gasteiger partial charge in [-0.05, 0) is 30.5 Å². The molecule has 6 heteroatoms. The molecule has 1 saturated heterocycles. The summed E-state index contributed by atoms with van der Waals surface area (Å²) in [4.78, 5) is 11.8. The third kappa shape index (κ3) is 4.63. The summed E-state index contributed by atoms with van der Waals surface area (Å²) in [5, 5.41) is 4.13. The summed E-state index contributed by atoms with van der Waals surface area (Å²) in [5.41, 5.74) is 1.03. The van der Waals surface area contributed by atoms with Crippen molar-refractivity contribution in [1.82, 2.24) is 5.32 Å². The van der Waals surface area contributed by atoms with Crippen molar-refractivity contribution in [2.24, 2.45) is 0 Å². The third-order valence-corrected chi connectivity index (χ3v) is 3.63. The van der Waals surface area contributed by atoms with Crippen LogP contribution < -0.4 is 5.32 Å². The number of carbonyl (C=O) groups excluding carboxylic acids is 1. The number of benzene rings is 1. The van der Waals surface area contributed by atoms with Gasteiger partial charge in [-0.15, -0.1) is 0 Å². The van der Waals surface area contributed by atoms with E-state index in [1.54, 1.807) is 6.07 Å². The molecule has 0 radical (unpaired) electrons. The summed E-state index contributed by atoms with van der Waals surface area (Å²) in [6, 6.07) is 5.45. The number of carbonyl (C=O) groups is 1. The van der Waals surface area contributed by atoms with Gasteiger partial charge < -0.3 is 14.8 Å². The van der Waals surface area contributed by atoms with E-state index >= 15 is 0 Å². The van der Waals surface area contributed by atoms with Crippen LogP contribution in [-0.2, 0) is 20.7 Å². The fourth-order valence-electron chi connectivity index (χ4n) is 1.97. The highest BCUT2D eigenvalue weighted by molar-refractivity contribution is 6.35. The fraction of sp³-hybridized carbons (Fsp3) is 0.500. The number of halogens is 2. The Morgan fingerprint density at radius 1 is 1.35 bits per heavy atom. The molecule has 1 heterocycles. The minimum Gasteiger partial charge on any atom is -0.376 e. The standard InChI is InChI=1S/C14H17Cl2NO3/c15-11-4-3-10(12(16)8-11)2-1-5-17-14(18)13-9-19-6-7-20-13/h3-4,8,13H,1-2,5-7,9H2,(H,17,18). The second-order valence-corrected chi connectivity index (χ2v) is 5.41. The summed E-state index contributed by atoms with van der Waals surface area (Å²) in [6.45, 7) is 1.93. The zero-order valence-electron chi connectivity index (χ0n) is 11.0. The number of hydrogen-bond acceptors (Lipinski definition) is 3. The fourth-order valence-corrected chi connectivity index (χ4v) is 2.47. The van der Waals surface area contributed by atoms with Crippen LogP contribution in [0.15, 0.2) is 18.2 Å². The summed E-state index contributed by atoms with van der Waals surface area (Å²) in [5.74, 6) is -0.119. The van der Waals surface area contributed by atoms with Crippen LogP contribution in [-0.4, -0.2) is 38.4 Å². The van der Waals surface area contributed by atoms with Gasteiger partial charge in [0, 0.05) is 16.6 Å². The van der Waals surface area contributed by atoms with Crippen LogP contribution in [0.25, 0.3) is 0 Å². The Morgan fingerprint density at radius 3 is 2.90 bits per heavy atom. The van der Waals surface area contributed by atoms with Gasteiger partial charge in [-0.2, -0.15) is 0 Å². The summed E-state index contributed by atoms with van der Waals surface area (Å²) < 4.78 is 10.5. The van der Waals surface area contributed by atoms with Crippen molar-refractivity contribution in [3.05, 3.63) is 33.8 Å². The zero-order chi connectivity index (χ0) is 14.4. The lowest BCUT2D eigenvalue weighted by Crippen LogP contribution is -2.43. The molecule has 0 saturated carbocycles. The van der Waals surface area contributed by atoms with Gasteiger partial charge in [-0.3, -0.25) is 4.79 Å². The van der Waals surface area contributed by atoms with Gasteiger partial charge >= 0.3 is 0 Å². The second-order valence-electron chi connectivity index (χ2n) is 4.56. The zero-order valence-corrected chi connectivity index (χ0v) is 12.5. The molecule has 1 unspecified atom stereocenters. The number of nitrogens with one attached hydrogen (secondary N) is 1. The van der Waals surface area contributed by atoms with Crippen LogP contribution in [0, 0.1) is 0 Å². The normalized spacial score (nSPS) is 18.8. The van der Waals surface area contributed by atoms with E-state index in [9.17, 15) is 4.79 Å². The van der Waals surface area contributed by atoms with E-state index in [0.29, 0.717) is 36.4 Å². The van der Waals surface area contributed by atoms with Crippen LogP contribution in [0.2, 0.25) is 10.0 Å². The van der Waals surface area contributed by atoms with Gasteiger partial charge in [0.05, 0.1) is 19.8 Å². The molecule has 1 aliphatic rings. The number of hydrogen-bond donors (Lipinski definition) is 1. The van der Waals surface area contributed by atoms with Gasteiger partial charge in [0.1, 0.15) is 0 Å². The SMILES string of the molecule is O=C(NCCCc1ccc(Cl)cc1Cl)C1COCCO1.